The summed E-state index contributed by atoms with van der Waals surface area (Å²) in [6, 6.07) is 4.09. The van der Waals surface area contributed by atoms with Crippen molar-refractivity contribution in [3.63, 3.8) is 0 Å². The zero-order valence-corrected chi connectivity index (χ0v) is 16.8. The van der Waals surface area contributed by atoms with Gasteiger partial charge in [-0.05, 0) is 31.0 Å². The molecule has 0 spiro atoms. The van der Waals surface area contributed by atoms with Gasteiger partial charge in [-0.3, -0.25) is 4.79 Å². The number of nitrogens with zero attached hydrogens (tertiary/aromatic N) is 2. The fourth-order valence-corrected chi connectivity index (χ4v) is 4.32. The summed E-state index contributed by atoms with van der Waals surface area (Å²) in [5, 5.41) is 0. The van der Waals surface area contributed by atoms with Crippen LogP contribution in [0.1, 0.15) is 36.0 Å². The highest BCUT2D eigenvalue weighted by Gasteiger charge is 2.27. The van der Waals surface area contributed by atoms with E-state index in [0.29, 0.717) is 13.1 Å². The van der Waals surface area contributed by atoms with Crippen molar-refractivity contribution in [2.24, 2.45) is 0 Å². The summed E-state index contributed by atoms with van der Waals surface area (Å²) >= 11 is 0. The van der Waals surface area contributed by atoms with Gasteiger partial charge in [0.2, 0.25) is 10.0 Å². The summed E-state index contributed by atoms with van der Waals surface area (Å²) in [5.74, 6) is -1.00. The van der Waals surface area contributed by atoms with Crippen LogP contribution in [0.25, 0.3) is 0 Å². The minimum atomic E-state index is -3.72. The quantitative estimate of drug-likeness (QED) is 0.674. The lowest BCUT2D eigenvalue weighted by Gasteiger charge is -2.20. The number of ether oxygens (including phenoxy) is 2. The molecule has 27 heavy (non-hydrogen) atoms. The second-order valence-corrected chi connectivity index (χ2v) is 8.48. The molecule has 1 aromatic rings. The smallest absolute Gasteiger partial charge is 0.342 e. The Labute approximate surface area is 160 Å². The number of likely N-dealkylation sites (N-methyl/N-ethyl adjacent to an activating group) is 1. The van der Waals surface area contributed by atoms with E-state index in [1.807, 2.05) is 0 Å². The van der Waals surface area contributed by atoms with Gasteiger partial charge in [-0.25, -0.2) is 13.2 Å². The maximum atomic E-state index is 12.9. The number of hydrogen-bond acceptors (Lipinski definition) is 6. The minimum Gasteiger partial charge on any atom is -0.496 e. The second kappa shape index (κ2) is 9.18. The predicted octanol–water partition coefficient (Wildman–Crippen LogP) is 1.50. The summed E-state index contributed by atoms with van der Waals surface area (Å²) in [5.41, 5.74) is -0.0278. The molecule has 0 aromatic heterocycles. The minimum absolute atomic E-state index is 0.0103. The van der Waals surface area contributed by atoms with Crippen LogP contribution in [0.4, 0.5) is 0 Å². The Bertz CT molecular complexity index is 783. The predicted molar refractivity (Wildman–Crippen MR) is 99.2 cm³/mol. The molecule has 0 atom stereocenters. The molecule has 0 unspecified atom stereocenters. The van der Waals surface area contributed by atoms with E-state index in [1.165, 1.54) is 34.5 Å². The van der Waals surface area contributed by atoms with Crippen LogP contribution in [0.3, 0.4) is 0 Å². The highest BCUT2D eigenvalue weighted by atomic mass is 32.2. The number of benzene rings is 1. The molecule has 1 aliphatic rings. The Morgan fingerprint density at radius 3 is 2.30 bits per heavy atom. The summed E-state index contributed by atoms with van der Waals surface area (Å²) < 4.78 is 37.5. The molecule has 150 valence electrons. The van der Waals surface area contributed by atoms with Gasteiger partial charge in [0.1, 0.15) is 11.3 Å². The molecule has 8 nitrogen and oxygen atoms in total. The van der Waals surface area contributed by atoms with E-state index in [9.17, 15) is 18.0 Å². The van der Waals surface area contributed by atoms with Gasteiger partial charge in [0.25, 0.3) is 5.91 Å². The van der Waals surface area contributed by atoms with Crippen molar-refractivity contribution in [2.75, 3.05) is 40.9 Å². The number of hydrogen-bond donors (Lipinski definition) is 0. The van der Waals surface area contributed by atoms with Crippen molar-refractivity contribution in [1.82, 2.24) is 9.21 Å². The van der Waals surface area contributed by atoms with Crippen molar-refractivity contribution < 1.29 is 27.5 Å². The lowest BCUT2D eigenvalue weighted by molar-refractivity contribution is -0.131. The zero-order valence-electron chi connectivity index (χ0n) is 15.9. The van der Waals surface area contributed by atoms with E-state index in [4.69, 9.17) is 9.47 Å². The molecular formula is C18H26N2O6S. The van der Waals surface area contributed by atoms with Crippen molar-refractivity contribution in [3.8, 4) is 5.75 Å². The maximum Gasteiger partial charge on any atom is 0.342 e. The molecular weight excluding hydrogens is 372 g/mol. The first-order chi connectivity index (χ1) is 12.8. The molecule has 2 rings (SSSR count). The molecule has 0 aliphatic carbocycles. The third-order valence-corrected chi connectivity index (χ3v) is 6.31. The summed E-state index contributed by atoms with van der Waals surface area (Å²) in [4.78, 5) is 25.3. The first-order valence-electron chi connectivity index (χ1n) is 8.83. The van der Waals surface area contributed by atoms with Crippen LogP contribution >= 0.6 is 0 Å². The van der Waals surface area contributed by atoms with Gasteiger partial charge in [-0.15, -0.1) is 0 Å². The SMILES string of the molecule is COc1ccc(S(=O)(=O)N2CCCCCC2)cc1C(=O)OCC(=O)N(C)C. The summed E-state index contributed by atoms with van der Waals surface area (Å²) in [7, 11) is 0.752. The Morgan fingerprint density at radius 1 is 1.11 bits per heavy atom. The van der Waals surface area contributed by atoms with Gasteiger partial charge < -0.3 is 14.4 Å². The average molecular weight is 398 g/mol. The van der Waals surface area contributed by atoms with E-state index in [2.05, 4.69) is 0 Å². The molecule has 1 aromatic carbocycles. The van der Waals surface area contributed by atoms with Crippen LogP contribution in [-0.2, 0) is 19.6 Å². The Balaban J connectivity index is 2.28. The van der Waals surface area contributed by atoms with Crippen LogP contribution in [0, 0.1) is 0 Å². The third kappa shape index (κ3) is 5.20. The monoisotopic (exact) mass is 398 g/mol. The highest BCUT2D eigenvalue weighted by Crippen LogP contribution is 2.26. The van der Waals surface area contributed by atoms with E-state index in [0.717, 1.165) is 25.7 Å². The van der Waals surface area contributed by atoms with Crippen LogP contribution < -0.4 is 4.74 Å². The van der Waals surface area contributed by atoms with Crippen LogP contribution in [0.2, 0.25) is 0 Å². The molecule has 1 saturated heterocycles. The van der Waals surface area contributed by atoms with Crippen LogP contribution in [0.15, 0.2) is 23.1 Å². The number of methoxy groups -OCH3 is 1. The molecule has 9 heteroatoms. The van der Waals surface area contributed by atoms with Crippen molar-refractivity contribution in [3.05, 3.63) is 23.8 Å². The molecule has 0 saturated carbocycles. The van der Waals surface area contributed by atoms with E-state index in [-0.39, 0.29) is 22.1 Å². The lowest BCUT2D eigenvalue weighted by atomic mass is 10.2. The third-order valence-electron chi connectivity index (χ3n) is 4.42. The number of sulfonamides is 1. The second-order valence-electron chi connectivity index (χ2n) is 6.54. The Hall–Kier alpha value is -2.13. The fraction of sp³-hybridized carbons (Fsp3) is 0.556. The molecule has 1 amide bonds. The average Bonchev–Trinajstić information content (AvgIpc) is 2.95. The fourth-order valence-electron chi connectivity index (χ4n) is 2.77. The first-order valence-corrected chi connectivity index (χ1v) is 10.3. The van der Waals surface area contributed by atoms with Gasteiger partial charge in [0, 0.05) is 27.2 Å². The number of rotatable bonds is 6. The van der Waals surface area contributed by atoms with Gasteiger partial charge in [-0.2, -0.15) is 4.31 Å². The molecule has 1 fully saturated rings. The molecule has 1 aliphatic heterocycles. The summed E-state index contributed by atoms with van der Waals surface area (Å²) in [6.07, 6.45) is 3.64. The number of amides is 1. The highest BCUT2D eigenvalue weighted by molar-refractivity contribution is 7.89. The molecule has 0 N–H and O–H groups in total. The molecule has 1 heterocycles. The van der Waals surface area contributed by atoms with Gasteiger partial charge in [0.15, 0.2) is 6.61 Å². The van der Waals surface area contributed by atoms with Crippen molar-refractivity contribution in [2.45, 2.75) is 30.6 Å². The van der Waals surface area contributed by atoms with E-state index < -0.39 is 22.6 Å². The molecule has 0 radical (unpaired) electrons. The zero-order chi connectivity index (χ0) is 20.0. The van der Waals surface area contributed by atoms with Crippen molar-refractivity contribution >= 4 is 21.9 Å². The largest absolute Gasteiger partial charge is 0.496 e. The standard InChI is InChI=1S/C18H26N2O6S/c1-19(2)17(21)13-26-18(22)15-12-14(8-9-16(15)25-3)27(23,24)20-10-6-4-5-7-11-20/h8-9,12H,4-7,10-11,13H2,1-3H3. The first kappa shape index (κ1) is 21.2. The van der Waals surface area contributed by atoms with E-state index >= 15 is 0 Å². The van der Waals surface area contributed by atoms with Crippen LogP contribution in [-0.4, -0.2) is 70.4 Å². The Kier molecular flexibility index (Phi) is 7.20. The number of carbonyl (C=O) groups excluding carboxylic acids is 2. The summed E-state index contributed by atoms with van der Waals surface area (Å²) in [6.45, 7) is 0.495. The van der Waals surface area contributed by atoms with Crippen LogP contribution in [0.5, 0.6) is 5.75 Å². The van der Waals surface area contributed by atoms with Gasteiger partial charge in [-0.1, -0.05) is 12.8 Å². The van der Waals surface area contributed by atoms with Gasteiger partial charge >= 0.3 is 5.97 Å². The molecule has 0 bridgehead atoms. The normalized spacial score (nSPS) is 15.7. The lowest BCUT2D eigenvalue weighted by Crippen LogP contribution is -2.32. The number of esters is 1. The maximum absolute atomic E-state index is 12.9. The van der Waals surface area contributed by atoms with Crippen molar-refractivity contribution in [1.29, 1.82) is 0 Å². The van der Waals surface area contributed by atoms with Gasteiger partial charge in [0.05, 0.1) is 12.0 Å². The van der Waals surface area contributed by atoms with E-state index in [1.54, 1.807) is 14.1 Å². The topological polar surface area (TPSA) is 93.2 Å². The number of carbonyl (C=O) groups is 2. The Morgan fingerprint density at radius 2 is 1.74 bits per heavy atom.